The first-order chi connectivity index (χ1) is 14.1. The second-order valence-corrected chi connectivity index (χ2v) is 8.42. The van der Waals surface area contributed by atoms with Crippen LogP contribution in [0.5, 0.6) is 0 Å². The number of esters is 2. The molecule has 168 valence electrons. The van der Waals surface area contributed by atoms with Crippen LogP contribution in [0.1, 0.15) is 65.7 Å². The van der Waals surface area contributed by atoms with Crippen molar-refractivity contribution >= 4 is 11.9 Å². The normalized spacial score (nSPS) is 27.0. The summed E-state index contributed by atoms with van der Waals surface area (Å²) in [6, 6.07) is 0. The van der Waals surface area contributed by atoms with Crippen LogP contribution in [0.15, 0.2) is 34.9 Å². The number of aliphatic hydroxyl groups excluding tert-OH is 2. The van der Waals surface area contributed by atoms with Gasteiger partial charge in [0, 0.05) is 19.1 Å². The number of hydrogen-bond donors (Lipinski definition) is 2. The molecule has 0 radical (unpaired) electrons. The third kappa shape index (κ3) is 7.07. The number of carbonyl (C=O) groups is 2. The Labute approximate surface area is 178 Å². The Morgan fingerprint density at radius 3 is 2.67 bits per heavy atom. The summed E-state index contributed by atoms with van der Waals surface area (Å²) in [5.41, 5.74) is 1.82. The van der Waals surface area contributed by atoms with Crippen molar-refractivity contribution in [3.05, 3.63) is 34.9 Å². The Hall–Kier alpha value is -1.96. The minimum atomic E-state index is -0.806. The van der Waals surface area contributed by atoms with Crippen LogP contribution in [0.3, 0.4) is 0 Å². The summed E-state index contributed by atoms with van der Waals surface area (Å²) in [5, 5.41) is 20.7. The number of rotatable bonds is 11. The van der Waals surface area contributed by atoms with E-state index < -0.39 is 24.1 Å². The van der Waals surface area contributed by atoms with Crippen molar-refractivity contribution < 1.29 is 34.0 Å². The number of cyclic esters (lactones) is 2. The van der Waals surface area contributed by atoms with Crippen molar-refractivity contribution in [3.63, 3.8) is 0 Å². The standard InChI is InChI=1S/C23H34O7/c1-15(6-5-7-17-14-21(28-4)29-22(17)27)12-18(24)13-16(2)8-9-19(25)23(3)11-10-20(26)30-23/h6,13-14,18-19,21,24-25H,5,7-12H2,1-4H3/b15-6+,16-13+/t18-,19-,21-,23+/m1/s1. The number of hydrogen-bond acceptors (Lipinski definition) is 7. The number of carbonyl (C=O) groups excluding carboxylic acids is 2. The Balaban J connectivity index is 1.74. The minimum Gasteiger partial charge on any atom is -0.457 e. The molecule has 2 aliphatic rings. The van der Waals surface area contributed by atoms with Gasteiger partial charge in [-0.2, -0.15) is 0 Å². The van der Waals surface area contributed by atoms with Crippen LogP contribution in [0.25, 0.3) is 0 Å². The van der Waals surface area contributed by atoms with Crippen molar-refractivity contribution in [1.82, 2.24) is 0 Å². The van der Waals surface area contributed by atoms with Crippen LogP contribution in [0, 0.1) is 0 Å². The lowest BCUT2D eigenvalue weighted by Gasteiger charge is -2.28. The average Bonchev–Trinajstić information content (AvgIpc) is 3.21. The smallest absolute Gasteiger partial charge is 0.336 e. The topological polar surface area (TPSA) is 102 Å². The first-order valence-electron chi connectivity index (χ1n) is 10.5. The Morgan fingerprint density at radius 2 is 2.07 bits per heavy atom. The zero-order valence-electron chi connectivity index (χ0n) is 18.3. The summed E-state index contributed by atoms with van der Waals surface area (Å²) in [5.74, 6) is -0.601. The van der Waals surface area contributed by atoms with Gasteiger partial charge >= 0.3 is 11.9 Å². The second-order valence-electron chi connectivity index (χ2n) is 8.42. The van der Waals surface area contributed by atoms with Crippen molar-refractivity contribution in [2.75, 3.05) is 7.11 Å². The average molecular weight is 423 g/mol. The van der Waals surface area contributed by atoms with E-state index in [4.69, 9.17) is 14.2 Å². The molecule has 0 saturated carbocycles. The molecule has 0 amide bonds. The van der Waals surface area contributed by atoms with Gasteiger partial charge in [0.15, 0.2) is 0 Å². The maximum Gasteiger partial charge on any atom is 0.336 e. The van der Waals surface area contributed by atoms with E-state index in [1.807, 2.05) is 19.9 Å². The molecular weight excluding hydrogens is 388 g/mol. The van der Waals surface area contributed by atoms with Crippen molar-refractivity contribution in [3.8, 4) is 0 Å². The van der Waals surface area contributed by atoms with Crippen molar-refractivity contribution in [2.45, 2.75) is 89.8 Å². The maximum atomic E-state index is 11.7. The quantitative estimate of drug-likeness (QED) is 0.390. The second kappa shape index (κ2) is 10.9. The van der Waals surface area contributed by atoms with Gasteiger partial charge in [0.1, 0.15) is 5.60 Å². The molecule has 30 heavy (non-hydrogen) atoms. The fourth-order valence-electron chi connectivity index (χ4n) is 3.72. The Bertz CT molecular complexity index is 721. The number of ether oxygens (including phenoxy) is 3. The molecule has 2 heterocycles. The third-order valence-corrected chi connectivity index (χ3v) is 5.66. The largest absolute Gasteiger partial charge is 0.457 e. The van der Waals surface area contributed by atoms with Crippen molar-refractivity contribution in [1.29, 1.82) is 0 Å². The molecule has 2 N–H and O–H groups in total. The first-order valence-corrected chi connectivity index (χ1v) is 10.5. The molecule has 4 atom stereocenters. The van der Waals surface area contributed by atoms with Crippen LogP contribution >= 0.6 is 0 Å². The number of methoxy groups -OCH3 is 1. The fourth-order valence-corrected chi connectivity index (χ4v) is 3.72. The van der Waals surface area contributed by atoms with E-state index >= 15 is 0 Å². The predicted molar refractivity (Wildman–Crippen MR) is 111 cm³/mol. The fraction of sp³-hybridized carbons (Fsp3) is 0.652. The van der Waals surface area contributed by atoms with Gasteiger partial charge in [-0.3, -0.25) is 4.79 Å². The maximum absolute atomic E-state index is 11.7. The monoisotopic (exact) mass is 422 g/mol. The van der Waals surface area contributed by atoms with E-state index in [0.717, 1.165) is 11.1 Å². The highest BCUT2D eigenvalue weighted by Gasteiger charge is 2.41. The molecule has 0 aliphatic carbocycles. The molecule has 0 bridgehead atoms. The lowest BCUT2D eigenvalue weighted by Crippen LogP contribution is -2.39. The Kier molecular flexibility index (Phi) is 8.82. The van der Waals surface area contributed by atoms with E-state index in [1.165, 1.54) is 7.11 Å². The van der Waals surface area contributed by atoms with Crippen LogP contribution in [-0.4, -0.2) is 53.4 Å². The van der Waals surface area contributed by atoms with Crippen LogP contribution in [0.4, 0.5) is 0 Å². The molecule has 7 nitrogen and oxygen atoms in total. The molecule has 0 aromatic rings. The van der Waals surface area contributed by atoms with E-state index in [1.54, 1.807) is 19.1 Å². The molecule has 0 spiro atoms. The van der Waals surface area contributed by atoms with E-state index in [0.29, 0.717) is 50.5 Å². The molecule has 0 aromatic heterocycles. The molecule has 1 saturated heterocycles. The molecule has 2 aliphatic heterocycles. The number of aliphatic hydroxyl groups is 2. The van der Waals surface area contributed by atoms with Gasteiger partial charge in [-0.1, -0.05) is 23.3 Å². The lowest BCUT2D eigenvalue weighted by molar-refractivity contribution is -0.156. The zero-order valence-corrected chi connectivity index (χ0v) is 18.3. The summed E-state index contributed by atoms with van der Waals surface area (Å²) in [4.78, 5) is 23.0. The van der Waals surface area contributed by atoms with Gasteiger partial charge < -0.3 is 24.4 Å². The van der Waals surface area contributed by atoms with Gasteiger partial charge in [0.2, 0.25) is 6.29 Å². The molecule has 2 rings (SSSR count). The molecule has 0 unspecified atom stereocenters. The van der Waals surface area contributed by atoms with Crippen LogP contribution < -0.4 is 0 Å². The van der Waals surface area contributed by atoms with Gasteiger partial charge in [-0.15, -0.1) is 0 Å². The molecule has 1 fully saturated rings. The molecular formula is C23H34O7. The van der Waals surface area contributed by atoms with E-state index in [2.05, 4.69) is 0 Å². The van der Waals surface area contributed by atoms with Crippen molar-refractivity contribution in [2.24, 2.45) is 0 Å². The molecule has 7 heteroatoms. The first kappa shape index (κ1) is 24.3. The summed E-state index contributed by atoms with van der Waals surface area (Å²) >= 11 is 0. The molecule has 0 aromatic carbocycles. The predicted octanol–water partition coefficient (Wildman–Crippen LogP) is 3.10. The summed E-state index contributed by atoms with van der Waals surface area (Å²) < 4.78 is 15.3. The highest BCUT2D eigenvalue weighted by atomic mass is 16.7. The van der Waals surface area contributed by atoms with E-state index in [-0.39, 0.29) is 11.9 Å². The zero-order chi connectivity index (χ0) is 22.3. The Morgan fingerprint density at radius 1 is 1.33 bits per heavy atom. The lowest BCUT2D eigenvalue weighted by atomic mass is 9.91. The minimum absolute atomic E-state index is 0.263. The van der Waals surface area contributed by atoms with Gasteiger partial charge in [0.05, 0.1) is 12.2 Å². The van der Waals surface area contributed by atoms with Gasteiger partial charge in [-0.25, -0.2) is 4.79 Å². The third-order valence-electron chi connectivity index (χ3n) is 5.66. The highest BCUT2D eigenvalue weighted by Crippen LogP contribution is 2.32. The summed E-state index contributed by atoms with van der Waals surface area (Å²) in [6.07, 6.45) is 7.29. The van der Waals surface area contributed by atoms with Gasteiger partial charge in [-0.05, 0) is 65.4 Å². The number of allylic oxidation sites excluding steroid dienone is 2. The van der Waals surface area contributed by atoms with Gasteiger partial charge in [0.25, 0.3) is 0 Å². The summed E-state index contributed by atoms with van der Waals surface area (Å²) in [6.45, 7) is 5.63. The van der Waals surface area contributed by atoms with Crippen LogP contribution in [-0.2, 0) is 23.8 Å². The summed E-state index contributed by atoms with van der Waals surface area (Å²) in [7, 11) is 1.49. The highest BCUT2D eigenvalue weighted by molar-refractivity contribution is 5.90. The van der Waals surface area contributed by atoms with E-state index in [9.17, 15) is 19.8 Å². The SMILES string of the molecule is CO[C@H]1C=C(CC/C=C(\C)C[C@@H](O)/C=C(\C)CC[C@@H](O)[C@]2(C)CCC(=O)O2)C(=O)O1. The van der Waals surface area contributed by atoms with Crippen LogP contribution in [0.2, 0.25) is 0 Å².